The van der Waals surface area contributed by atoms with E-state index >= 15 is 0 Å². The fraction of sp³-hybridized carbons (Fsp3) is 0.0667. The van der Waals surface area contributed by atoms with E-state index in [4.69, 9.17) is 27.9 Å². The molecule has 0 aliphatic heterocycles. The van der Waals surface area contributed by atoms with E-state index in [1.807, 2.05) is 0 Å². The van der Waals surface area contributed by atoms with Crippen molar-refractivity contribution in [1.29, 1.82) is 0 Å². The number of esters is 1. The van der Waals surface area contributed by atoms with Gasteiger partial charge in [-0.3, -0.25) is 9.59 Å². The highest BCUT2D eigenvalue weighted by atomic mass is 35.5. The van der Waals surface area contributed by atoms with Gasteiger partial charge < -0.3 is 10.1 Å². The Morgan fingerprint density at radius 2 is 1.77 bits per heavy atom. The van der Waals surface area contributed by atoms with Crippen LogP contribution in [0.15, 0.2) is 41.3 Å². The summed E-state index contributed by atoms with van der Waals surface area (Å²) < 4.78 is 4.90. The molecule has 0 atom stereocenters. The molecule has 0 fully saturated rings. The third-order valence-electron chi connectivity index (χ3n) is 2.61. The largest absolute Gasteiger partial charge is 0.424 e. The van der Waals surface area contributed by atoms with Gasteiger partial charge in [0.05, 0.1) is 10.0 Å². The van der Waals surface area contributed by atoms with E-state index < -0.39 is 11.9 Å². The van der Waals surface area contributed by atoms with Crippen molar-refractivity contribution in [2.45, 2.75) is 11.8 Å². The number of thiol groups is 1. The Kier molecular flexibility index (Phi) is 5.34. The van der Waals surface area contributed by atoms with E-state index in [9.17, 15) is 9.59 Å². The fourth-order valence-corrected chi connectivity index (χ4v) is 2.51. The standard InChI is InChI=1S/C15H11Cl2NO3S/c1-8(19)21-14-12(16)5-9(6-13(14)17)15(20)18-10-3-2-4-11(22)7-10/h2-7,22H,1H3,(H,18,20). The summed E-state index contributed by atoms with van der Waals surface area (Å²) in [5.74, 6) is -0.909. The van der Waals surface area contributed by atoms with Gasteiger partial charge in [0, 0.05) is 23.1 Å². The van der Waals surface area contributed by atoms with Crippen molar-refractivity contribution < 1.29 is 14.3 Å². The van der Waals surface area contributed by atoms with Crippen molar-refractivity contribution in [3.05, 3.63) is 52.0 Å². The molecule has 0 aliphatic carbocycles. The van der Waals surface area contributed by atoms with Gasteiger partial charge in [0.15, 0.2) is 5.75 Å². The molecule has 0 unspecified atom stereocenters. The summed E-state index contributed by atoms with van der Waals surface area (Å²) in [4.78, 5) is 23.9. The Morgan fingerprint density at radius 3 is 2.32 bits per heavy atom. The first-order valence-corrected chi connectivity index (χ1v) is 7.35. The zero-order chi connectivity index (χ0) is 16.3. The predicted octanol–water partition coefficient (Wildman–Crippen LogP) is 4.46. The first-order chi connectivity index (χ1) is 10.4. The lowest BCUT2D eigenvalue weighted by Crippen LogP contribution is -2.12. The summed E-state index contributed by atoms with van der Waals surface area (Å²) in [7, 11) is 0. The van der Waals surface area contributed by atoms with Crippen LogP contribution in [-0.2, 0) is 4.79 Å². The van der Waals surface area contributed by atoms with Crippen LogP contribution < -0.4 is 10.1 Å². The van der Waals surface area contributed by atoms with Crippen molar-refractivity contribution in [2.75, 3.05) is 5.32 Å². The first kappa shape index (κ1) is 16.7. The van der Waals surface area contributed by atoms with Gasteiger partial charge in [0.1, 0.15) is 0 Å². The topological polar surface area (TPSA) is 55.4 Å². The number of ether oxygens (including phenoxy) is 1. The molecule has 0 aromatic heterocycles. The number of carbonyl (C=O) groups is 2. The maximum absolute atomic E-state index is 12.2. The lowest BCUT2D eigenvalue weighted by molar-refractivity contribution is -0.131. The second-order valence-electron chi connectivity index (χ2n) is 4.37. The van der Waals surface area contributed by atoms with E-state index in [1.54, 1.807) is 24.3 Å². The molecular weight excluding hydrogens is 345 g/mol. The molecule has 1 N–H and O–H groups in total. The number of halogens is 2. The third kappa shape index (κ3) is 4.16. The highest BCUT2D eigenvalue weighted by molar-refractivity contribution is 7.80. The van der Waals surface area contributed by atoms with E-state index in [0.29, 0.717) is 5.69 Å². The highest BCUT2D eigenvalue weighted by Gasteiger charge is 2.15. The van der Waals surface area contributed by atoms with Gasteiger partial charge in [-0.1, -0.05) is 29.3 Å². The van der Waals surface area contributed by atoms with Gasteiger partial charge in [-0.25, -0.2) is 0 Å². The Balaban J connectivity index is 2.25. The number of hydrogen-bond donors (Lipinski definition) is 2. The number of anilines is 1. The summed E-state index contributed by atoms with van der Waals surface area (Å²) in [6.07, 6.45) is 0. The summed E-state index contributed by atoms with van der Waals surface area (Å²) in [5, 5.41) is 2.86. The van der Waals surface area contributed by atoms with Gasteiger partial charge in [0.2, 0.25) is 0 Å². The van der Waals surface area contributed by atoms with Crippen molar-refractivity contribution in [3.8, 4) is 5.75 Å². The van der Waals surface area contributed by atoms with Crippen LogP contribution in [0.5, 0.6) is 5.75 Å². The van der Waals surface area contributed by atoms with Crippen LogP contribution in [0.2, 0.25) is 10.0 Å². The van der Waals surface area contributed by atoms with Crippen LogP contribution in [0.25, 0.3) is 0 Å². The predicted molar refractivity (Wildman–Crippen MR) is 89.4 cm³/mol. The van der Waals surface area contributed by atoms with Crippen molar-refractivity contribution >= 4 is 53.4 Å². The SMILES string of the molecule is CC(=O)Oc1c(Cl)cc(C(=O)Nc2cccc(S)c2)cc1Cl. The Bertz CT molecular complexity index is 726. The normalized spacial score (nSPS) is 10.2. The molecule has 2 rings (SSSR count). The number of benzene rings is 2. The average Bonchev–Trinajstić information content (AvgIpc) is 2.42. The molecule has 0 saturated carbocycles. The van der Waals surface area contributed by atoms with E-state index in [2.05, 4.69) is 17.9 Å². The molecule has 2 aromatic carbocycles. The molecule has 0 spiro atoms. The van der Waals surface area contributed by atoms with Gasteiger partial charge in [-0.15, -0.1) is 12.6 Å². The lowest BCUT2D eigenvalue weighted by atomic mass is 10.2. The number of carbonyl (C=O) groups excluding carboxylic acids is 2. The summed E-state index contributed by atoms with van der Waals surface area (Å²) in [6, 6.07) is 9.75. The van der Waals surface area contributed by atoms with Crippen LogP contribution >= 0.6 is 35.8 Å². The average molecular weight is 356 g/mol. The molecule has 0 radical (unpaired) electrons. The van der Waals surface area contributed by atoms with E-state index in [0.717, 1.165) is 4.90 Å². The smallest absolute Gasteiger partial charge is 0.308 e. The minimum Gasteiger partial charge on any atom is -0.424 e. The van der Waals surface area contributed by atoms with Crippen LogP contribution in [-0.4, -0.2) is 11.9 Å². The molecule has 0 aliphatic rings. The highest BCUT2D eigenvalue weighted by Crippen LogP contribution is 2.34. The van der Waals surface area contributed by atoms with Crippen LogP contribution in [0.1, 0.15) is 17.3 Å². The Morgan fingerprint density at radius 1 is 1.14 bits per heavy atom. The van der Waals surface area contributed by atoms with Gasteiger partial charge in [0.25, 0.3) is 5.91 Å². The second kappa shape index (κ2) is 7.05. The summed E-state index contributed by atoms with van der Waals surface area (Å²) in [5.41, 5.74) is 0.837. The quantitative estimate of drug-likeness (QED) is 0.485. The fourth-order valence-electron chi connectivity index (χ4n) is 1.72. The van der Waals surface area contributed by atoms with E-state index in [-0.39, 0.29) is 21.4 Å². The molecule has 22 heavy (non-hydrogen) atoms. The van der Waals surface area contributed by atoms with Crippen molar-refractivity contribution in [3.63, 3.8) is 0 Å². The minimum atomic E-state index is -0.549. The molecule has 7 heteroatoms. The molecule has 0 saturated heterocycles. The van der Waals surface area contributed by atoms with Crippen LogP contribution in [0, 0.1) is 0 Å². The number of amides is 1. The maximum Gasteiger partial charge on any atom is 0.308 e. The molecular formula is C15H11Cl2NO3S. The molecule has 4 nitrogen and oxygen atoms in total. The minimum absolute atomic E-state index is 0.0322. The number of hydrogen-bond acceptors (Lipinski definition) is 4. The van der Waals surface area contributed by atoms with Gasteiger partial charge >= 0.3 is 5.97 Å². The molecule has 0 bridgehead atoms. The summed E-state index contributed by atoms with van der Waals surface area (Å²) >= 11 is 16.2. The van der Waals surface area contributed by atoms with Crippen LogP contribution in [0.3, 0.4) is 0 Å². The molecule has 2 aromatic rings. The third-order valence-corrected chi connectivity index (χ3v) is 3.45. The molecule has 1 amide bonds. The van der Waals surface area contributed by atoms with Gasteiger partial charge in [-0.2, -0.15) is 0 Å². The summed E-state index contributed by atoms with van der Waals surface area (Å²) in [6.45, 7) is 1.23. The van der Waals surface area contributed by atoms with Crippen molar-refractivity contribution in [1.82, 2.24) is 0 Å². The van der Waals surface area contributed by atoms with Gasteiger partial charge in [-0.05, 0) is 30.3 Å². The zero-order valence-electron chi connectivity index (χ0n) is 11.4. The lowest BCUT2D eigenvalue weighted by Gasteiger charge is -2.10. The van der Waals surface area contributed by atoms with Crippen molar-refractivity contribution in [2.24, 2.45) is 0 Å². The Labute approximate surface area is 142 Å². The Hall–Kier alpha value is -1.69. The molecule has 114 valence electrons. The zero-order valence-corrected chi connectivity index (χ0v) is 13.8. The number of nitrogens with one attached hydrogen (secondary N) is 1. The maximum atomic E-state index is 12.2. The number of rotatable bonds is 3. The van der Waals surface area contributed by atoms with E-state index in [1.165, 1.54) is 19.1 Å². The monoisotopic (exact) mass is 355 g/mol. The second-order valence-corrected chi connectivity index (χ2v) is 5.70. The first-order valence-electron chi connectivity index (χ1n) is 6.14. The van der Waals surface area contributed by atoms with Crippen LogP contribution in [0.4, 0.5) is 5.69 Å². The molecule has 0 heterocycles.